The molecule has 0 atom stereocenters. The number of nitrogen functional groups attached to an aromatic ring is 1. The third-order valence-corrected chi connectivity index (χ3v) is 3.41. The molecule has 0 fully saturated rings. The predicted molar refractivity (Wildman–Crippen MR) is 84.2 cm³/mol. The number of benzene rings is 2. The normalized spacial score (nSPS) is 10.2. The lowest BCUT2D eigenvalue weighted by Crippen LogP contribution is -2.06. The van der Waals surface area contributed by atoms with Crippen LogP contribution in [0.5, 0.6) is 0 Å². The molecule has 2 rings (SSSR count). The van der Waals surface area contributed by atoms with Gasteiger partial charge < -0.3 is 15.8 Å². The average molecular weight is 353 g/mol. The zero-order valence-electron chi connectivity index (χ0n) is 11.3. The topological polar surface area (TPSA) is 64.3 Å². The highest BCUT2D eigenvalue weighted by Crippen LogP contribution is 2.27. The minimum absolute atomic E-state index is 0.296. The third kappa shape index (κ3) is 3.72. The summed E-state index contributed by atoms with van der Waals surface area (Å²) in [6.45, 7) is 2.03. The molecule has 0 spiro atoms. The zero-order chi connectivity index (χ0) is 15.4. The molecule has 0 aliphatic rings. The van der Waals surface area contributed by atoms with Gasteiger partial charge in [0, 0.05) is 5.69 Å². The fourth-order valence-corrected chi connectivity index (χ4v) is 1.98. The molecule has 6 heteroatoms. The molecule has 0 aliphatic heterocycles. The molecule has 3 N–H and O–H groups in total. The number of nitrogens with one attached hydrogen (secondary N) is 1. The summed E-state index contributed by atoms with van der Waals surface area (Å²) < 4.78 is 18.8. The summed E-state index contributed by atoms with van der Waals surface area (Å²) in [6.07, 6.45) is 0. The van der Waals surface area contributed by atoms with E-state index >= 15 is 0 Å². The fourth-order valence-electron chi connectivity index (χ4n) is 1.74. The Morgan fingerprint density at radius 3 is 2.76 bits per heavy atom. The number of carbonyl (C=O) groups is 1. The molecule has 0 heterocycles. The first-order chi connectivity index (χ1) is 10.0. The highest BCUT2D eigenvalue weighted by Gasteiger charge is 2.10. The van der Waals surface area contributed by atoms with Crippen LogP contribution in [-0.4, -0.2) is 12.6 Å². The summed E-state index contributed by atoms with van der Waals surface area (Å²) in [7, 11) is 0. The molecule has 0 aliphatic carbocycles. The molecule has 0 amide bonds. The van der Waals surface area contributed by atoms with E-state index in [0.29, 0.717) is 33.7 Å². The number of halogens is 2. The van der Waals surface area contributed by atoms with Gasteiger partial charge in [-0.2, -0.15) is 0 Å². The van der Waals surface area contributed by atoms with Crippen LogP contribution < -0.4 is 11.1 Å². The van der Waals surface area contributed by atoms with Crippen molar-refractivity contribution in [1.29, 1.82) is 0 Å². The Balaban J connectivity index is 2.28. The monoisotopic (exact) mass is 352 g/mol. The number of nitrogens with two attached hydrogens (primary N) is 1. The van der Waals surface area contributed by atoms with Crippen LogP contribution >= 0.6 is 15.9 Å². The molecule has 21 heavy (non-hydrogen) atoms. The quantitative estimate of drug-likeness (QED) is 0.642. The van der Waals surface area contributed by atoms with E-state index in [2.05, 4.69) is 21.2 Å². The summed E-state index contributed by atoms with van der Waals surface area (Å²) in [5.74, 6) is -0.817. The number of hydrogen-bond donors (Lipinski definition) is 2. The zero-order valence-corrected chi connectivity index (χ0v) is 12.9. The molecule has 0 aromatic heterocycles. The molecule has 2 aromatic carbocycles. The molecule has 110 valence electrons. The Labute approximate surface area is 130 Å². The van der Waals surface area contributed by atoms with E-state index in [-0.39, 0.29) is 5.82 Å². The maximum atomic E-state index is 13.5. The minimum Gasteiger partial charge on any atom is -0.462 e. The first-order valence-electron chi connectivity index (χ1n) is 6.30. The molecule has 0 unspecified atom stereocenters. The lowest BCUT2D eigenvalue weighted by Gasteiger charge is -2.11. The molecular weight excluding hydrogens is 339 g/mol. The van der Waals surface area contributed by atoms with E-state index in [1.54, 1.807) is 37.3 Å². The van der Waals surface area contributed by atoms with E-state index < -0.39 is 5.97 Å². The second-order valence-electron chi connectivity index (χ2n) is 4.28. The van der Waals surface area contributed by atoms with Gasteiger partial charge in [-0.1, -0.05) is 0 Å². The van der Waals surface area contributed by atoms with Crippen LogP contribution in [0.2, 0.25) is 0 Å². The number of carbonyl (C=O) groups excluding carboxylic acids is 1. The van der Waals surface area contributed by atoms with Crippen LogP contribution in [0.3, 0.4) is 0 Å². The standard InChI is InChI=1S/C15H14BrFN2O2/c1-2-21-15(20)9-3-6-13(18)14(7-9)19-10-4-5-11(16)12(17)8-10/h3-8,19H,2,18H2,1H3. The van der Waals surface area contributed by atoms with Crippen molar-refractivity contribution in [3.63, 3.8) is 0 Å². The summed E-state index contributed by atoms with van der Waals surface area (Å²) in [5, 5.41) is 2.98. The van der Waals surface area contributed by atoms with E-state index in [9.17, 15) is 9.18 Å². The molecular formula is C15H14BrFN2O2. The summed E-state index contributed by atoms with van der Waals surface area (Å²) >= 11 is 3.09. The second-order valence-corrected chi connectivity index (χ2v) is 5.13. The SMILES string of the molecule is CCOC(=O)c1ccc(N)c(Nc2ccc(Br)c(F)c2)c1. The van der Waals surface area contributed by atoms with Gasteiger partial charge in [0.15, 0.2) is 0 Å². The highest BCUT2D eigenvalue weighted by atomic mass is 79.9. The van der Waals surface area contributed by atoms with Gasteiger partial charge in [0.1, 0.15) is 5.82 Å². The summed E-state index contributed by atoms with van der Waals surface area (Å²) in [6, 6.07) is 9.38. The number of esters is 1. The molecule has 0 saturated heterocycles. The Kier molecular flexibility index (Phi) is 4.80. The van der Waals surface area contributed by atoms with E-state index in [1.807, 2.05) is 0 Å². The molecule has 0 radical (unpaired) electrons. The lowest BCUT2D eigenvalue weighted by atomic mass is 10.1. The van der Waals surface area contributed by atoms with Crippen molar-refractivity contribution >= 4 is 39.0 Å². The maximum Gasteiger partial charge on any atom is 0.338 e. The van der Waals surface area contributed by atoms with Crippen LogP contribution in [0.1, 0.15) is 17.3 Å². The smallest absolute Gasteiger partial charge is 0.338 e. The molecule has 2 aromatic rings. The Morgan fingerprint density at radius 1 is 1.33 bits per heavy atom. The van der Waals surface area contributed by atoms with Crippen molar-refractivity contribution < 1.29 is 13.9 Å². The van der Waals surface area contributed by atoms with Gasteiger partial charge in [0.25, 0.3) is 0 Å². The fraction of sp³-hybridized carbons (Fsp3) is 0.133. The van der Waals surface area contributed by atoms with Gasteiger partial charge in [-0.15, -0.1) is 0 Å². The van der Waals surface area contributed by atoms with Crippen molar-refractivity contribution in [2.75, 3.05) is 17.7 Å². The van der Waals surface area contributed by atoms with Gasteiger partial charge in [-0.25, -0.2) is 9.18 Å². The van der Waals surface area contributed by atoms with Crippen molar-refractivity contribution in [3.05, 3.63) is 52.3 Å². The maximum absolute atomic E-state index is 13.5. The number of ether oxygens (including phenoxy) is 1. The van der Waals surface area contributed by atoms with Crippen LogP contribution in [0.4, 0.5) is 21.5 Å². The van der Waals surface area contributed by atoms with Gasteiger partial charge in [-0.05, 0) is 59.3 Å². The van der Waals surface area contributed by atoms with Gasteiger partial charge in [0.2, 0.25) is 0 Å². The molecule has 0 saturated carbocycles. The average Bonchev–Trinajstić information content (AvgIpc) is 2.45. The number of hydrogen-bond acceptors (Lipinski definition) is 4. The van der Waals surface area contributed by atoms with Crippen LogP contribution in [0.25, 0.3) is 0 Å². The van der Waals surface area contributed by atoms with E-state index in [1.165, 1.54) is 6.07 Å². The first-order valence-corrected chi connectivity index (χ1v) is 7.09. The lowest BCUT2D eigenvalue weighted by molar-refractivity contribution is 0.0526. The van der Waals surface area contributed by atoms with Crippen LogP contribution in [-0.2, 0) is 4.74 Å². The summed E-state index contributed by atoms with van der Waals surface area (Å²) in [4.78, 5) is 11.7. The summed E-state index contributed by atoms with van der Waals surface area (Å²) in [5.41, 5.74) is 7.74. The predicted octanol–water partition coefficient (Wildman–Crippen LogP) is 4.09. The van der Waals surface area contributed by atoms with Gasteiger partial charge in [-0.3, -0.25) is 0 Å². The van der Waals surface area contributed by atoms with Gasteiger partial charge >= 0.3 is 5.97 Å². The second kappa shape index (κ2) is 6.58. The third-order valence-electron chi connectivity index (χ3n) is 2.76. The Hall–Kier alpha value is -2.08. The van der Waals surface area contributed by atoms with Crippen LogP contribution in [0, 0.1) is 5.82 Å². The first kappa shape index (κ1) is 15.3. The number of rotatable bonds is 4. The Bertz CT molecular complexity index is 677. The van der Waals surface area contributed by atoms with Gasteiger partial charge in [0.05, 0.1) is 28.0 Å². The van der Waals surface area contributed by atoms with Crippen molar-refractivity contribution in [2.45, 2.75) is 6.92 Å². The largest absolute Gasteiger partial charge is 0.462 e. The number of anilines is 3. The van der Waals surface area contributed by atoms with E-state index in [0.717, 1.165) is 0 Å². The van der Waals surface area contributed by atoms with Crippen LogP contribution in [0.15, 0.2) is 40.9 Å². The minimum atomic E-state index is -0.428. The molecule has 0 bridgehead atoms. The Morgan fingerprint density at radius 2 is 2.10 bits per heavy atom. The van der Waals surface area contributed by atoms with Crippen molar-refractivity contribution in [3.8, 4) is 0 Å². The van der Waals surface area contributed by atoms with Crippen molar-refractivity contribution in [2.24, 2.45) is 0 Å². The highest BCUT2D eigenvalue weighted by molar-refractivity contribution is 9.10. The van der Waals surface area contributed by atoms with E-state index in [4.69, 9.17) is 10.5 Å². The molecule has 4 nitrogen and oxygen atoms in total. The van der Waals surface area contributed by atoms with Crippen molar-refractivity contribution in [1.82, 2.24) is 0 Å².